The molecular weight excluding hydrogens is 272 g/mol. The van der Waals surface area contributed by atoms with E-state index in [0.29, 0.717) is 0 Å². The van der Waals surface area contributed by atoms with Crippen molar-refractivity contribution in [2.75, 3.05) is 0 Å². The summed E-state index contributed by atoms with van der Waals surface area (Å²) in [5.41, 5.74) is 0. The number of rotatable bonds is 17. The van der Waals surface area contributed by atoms with Crippen LogP contribution in [0.1, 0.15) is 117 Å². The number of hydrogen-bond donors (Lipinski definition) is 2. The van der Waals surface area contributed by atoms with Gasteiger partial charge in [-0.2, -0.15) is 0 Å². The highest BCUT2D eigenvalue weighted by molar-refractivity contribution is 4.60. The molecule has 2 heteroatoms. The van der Waals surface area contributed by atoms with Crippen LogP contribution >= 0.6 is 0 Å². The minimum Gasteiger partial charge on any atom is -0.393 e. The molecule has 0 aliphatic carbocycles. The van der Waals surface area contributed by atoms with Gasteiger partial charge in [0.2, 0.25) is 0 Å². The van der Waals surface area contributed by atoms with Crippen LogP contribution in [0.15, 0.2) is 0 Å². The third-order valence-electron chi connectivity index (χ3n) is 4.61. The monoisotopic (exact) mass is 314 g/mol. The van der Waals surface area contributed by atoms with Crippen LogP contribution in [-0.2, 0) is 0 Å². The highest BCUT2D eigenvalue weighted by atomic mass is 16.3. The van der Waals surface area contributed by atoms with Gasteiger partial charge in [-0.05, 0) is 25.7 Å². The summed E-state index contributed by atoms with van der Waals surface area (Å²) in [5, 5.41) is 19.8. The first-order chi connectivity index (χ1) is 10.7. The van der Waals surface area contributed by atoms with Gasteiger partial charge in [0, 0.05) is 0 Å². The molecule has 0 aliphatic rings. The van der Waals surface area contributed by atoms with Gasteiger partial charge in [-0.15, -0.1) is 0 Å². The fraction of sp³-hybridized carbons (Fsp3) is 1.00. The predicted molar refractivity (Wildman–Crippen MR) is 97.2 cm³/mol. The number of aliphatic hydroxyl groups is 2. The molecule has 0 rings (SSSR count). The predicted octanol–water partition coefficient (Wildman–Crippen LogP) is 5.99. The van der Waals surface area contributed by atoms with E-state index in [0.717, 1.165) is 51.4 Å². The zero-order chi connectivity index (χ0) is 16.5. The van der Waals surface area contributed by atoms with Gasteiger partial charge in [0.25, 0.3) is 0 Å². The van der Waals surface area contributed by atoms with Gasteiger partial charge in [0.15, 0.2) is 0 Å². The molecule has 2 nitrogen and oxygen atoms in total. The van der Waals surface area contributed by atoms with E-state index in [9.17, 15) is 10.2 Å². The summed E-state index contributed by atoms with van der Waals surface area (Å²) in [5.74, 6) is 0. The highest BCUT2D eigenvalue weighted by Crippen LogP contribution is 2.15. The molecule has 2 N–H and O–H groups in total. The summed E-state index contributed by atoms with van der Waals surface area (Å²) in [7, 11) is 0. The number of aliphatic hydroxyl groups excluding tert-OH is 2. The Kier molecular flexibility index (Phi) is 17.2. The van der Waals surface area contributed by atoms with Crippen molar-refractivity contribution in [3.8, 4) is 0 Å². The van der Waals surface area contributed by atoms with Crippen LogP contribution < -0.4 is 0 Å². The van der Waals surface area contributed by atoms with Crippen LogP contribution in [0.2, 0.25) is 0 Å². The van der Waals surface area contributed by atoms with Crippen molar-refractivity contribution in [3.05, 3.63) is 0 Å². The van der Waals surface area contributed by atoms with Crippen LogP contribution in [0.4, 0.5) is 0 Å². The van der Waals surface area contributed by atoms with E-state index >= 15 is 0 Å². The van der Waals surface area contributed by atoms with Crippen LogP contribution in [0.3, 0.4) is 0 Å². The maximum absolute atomic E-state index is 9.95. The first-order valence-electron chi connectivity index (χ1n) is 10.1. The van der Waals surface area contributed by atoms with Crippen molar-refractivity contribution in [2.24, 2.45) is 0 Å². The maximum atomic E-state index is 9.95. The molecule has 0 saturated heterocycles. The lowest BCUT2D eigenvalue weighted by Gasteiger charge is -2.12. The van der Waals surface area contributed by atoms with Crippen molar-refractivity contribution < 1.29 is 10.2 Å². The Morgan fingerprint density at radius 2 is 0.727 bits per heavy atom. The Morgan fingerprint density at radius 3 is 1.18 bits per heavy atom. The number of unbranched alkanes of at least 4 members (excludes halogenated alkanes) is 9. The van der Waals surface area contributed by atoms with Gasteiger partial charge < -0.3 is 10.2 Å². The van der Waals surface area contributed by atoms with Crippen molar-refractivity contribution in [1.29, 1.82) is 0 Å². The third-order valence-corrected chi connectivity index (χ3v) is 4.61. The quantitative estimate of drug-likeness (QED) is 0.324. The lowest BCUT2D eigenvalue weighted by molar-refractivity contribution is 0.139. The average molecular weight is 315 g/mol. The summed E-state index contributed by atoms with van der Waals surface area (Å²) < 4.78 is 0. The van der Waals surface area contributed by atoms with Crippen LogP contribution in [0.5, 0.6) is 0 Å². The second kappa shape index (κ2) is 17.3. The van der Waals surface area contributed by atoms with E-state index in [1.807, 2.05) is 0 Å². The van der Waals surface area contributed by atoms with Gasteiger partial charge in [0.1, 0.15) is 0 Å². The van der Waals surface area contributed by atoms with E-state index in [1.54, 1.807) is 0 Å². The molecule has 0 aromatic rings. The third kappa shape index (κ3) is 16.3. The average Bonchev–Trinajstić information content (AvgIpc) is 2.50. The molecule has 0 bridgehead atoms. The minimum absolute atomic E-state index is 0.0966. The Labute approximate surface area is 139 Å². The molecule has 0 heterocycles. The highest BCUT2D eigenvalue weighted by Gasteiger charge is 2.06. The van der Waals surface area contributed by atoms with Crippen LogP contribution in [-0.4, -0.2) is 22.4 Å². The van der Waals surface area contributed by atoms with Crippen molar-refractivity contribution in [3.63, 3.8) is 0 Å². The maximum Gasteiger partial charge on any atom is 0.0540 e. The molecule has 0 amide bonds. The molecule has 134 valence electrons. The normalized spacial score (nSPS) is 14.2. The molecule has 22 heavy (non-hydrogen) atoms. The van der Waals surface area contributed by atoms with E-state index in [1.165, 1.54) is 51.4 Å². The number of hydrogen-bond acceptors (Lipinski definition) is 2. The SMILES string of the molecule is CCCCCCCCC(O)CCCCCC(O)CCCCC. The summed E-state index contributed by atoms with van der Waals surface area (Å²) in [6.45, 7) is 4.44. The minimum atomic E-state index is -0.0976. The van der Waals surface area contributed by atoms with Gasteiger partial charge in [-0.25, -0.2) is 0 Å². The molecule has 2 atom stereocenters. The summed E-state index contributed by atoms with van der Waals surface area (Å²) in [4.78, 5) is 0. The van der Waals surface area contributed by atoms with E-state index in [4.69, 9.17) is 0 Å². The van der Waals surface area contributed by atoms with Crippen molar-refractivity contribution in [1.82, 2.24) is 0 Å². The molecule has 0 fully saturated rings. The van der Waals surface area contributed by atoms with Gasteiger partial charge in [-0.3, -0.25) is 0 Å². The van der Waals surface area contributed by atoms with Crippen LogP contribution in [0, 0.1) is 0 Å². The lowest BCUT2D eigenvalue weighted by Crippen LogP contribution is -2.07. The molecular formula is C20H42O2. The lowest BCUT2D eigenvalue weighted by atomic mass is 10.0. The van der Waals surface area contributed by atoms with Gasteiger partial charge in [0.05, 0.1) is 12.2 Å². The summed E-state index contributed by atoms with van der Waals surface area (Å²) in [6.07, 6.45) is 18.4. The van der Waals surface area contributed by atoms with Crippen molar-refractivity contribution >= 4 is 0 Å². The molecule has 0 aliphatic heterocycles. The standard InChI is InChI=1S/C20H42O2/c1-3-5-7-8-9-12-16-20(22)18-14-10-13-17-19(21)15-11-6-4-2/h19-22H,3-18H2,1-2H3. The zero-order valence-electron chi connectivity index (χ0n) is 15.4. The van der Waals surface area contributed by atoms with E-state index in [-0.39, 0.29) is 12.2 Å². The zero-order valence-corrected chi connectivity index (χ0v) is 15.4. The Hall–Kier alpha value is -0.0800. The molecule has 0 aromatic carbocycles. The second-order valence-corrected chi connectivity index (χ2v) is 7.00. The van der Waals surface area contributed by atoms with Gasteiger partial charge in [-0.1, -0.05) is 90.9 Å². The molecule has 2 unspecified atom stereocenters. The molecule has 0 spiro atoms. The molecule has 0 radical (unpaired) electrons. The van der Waals surface area contributed by atoms with Crippen LogP contribution in [0.25, 0.3) is 0 Å². The Bertz CT molecular complexity index is 206. The Morgan fingerprint density at radius 1 is 0.455 bits per heavy atom. The topological polar surface area (TPSA) is 40.5 Å². The summed E-state index contributed by atoms with van der Waals surface area (Å²) in [6, 6.07) is 0. The molecule has 0 saturated carbocycles. The van der Waals surface area contributed by atoms with E-state index < -0.39 is 0 Å². The fourth-order valence-electron chi connectivity index (χ4n) is 3.02. The van der Waals surface area contributed by atoms with Crippen molar-refractivity contribution in [2.45, 2.75) is 129 Å². The smallest absolute Gasteiger partial charge is 0.0540 e. The van der Waals surface area contributed by atoms with E-state index in [2.05, 4.69) is 13.8 Å². The largest absolute Gasteiger partial charge is 0.393 e. The fourth-order valence-corrected chi connectivity index (χ4v) is 3.02. The Balaban J connectivity index is 3.25. The first-order valence-corrected chi connectivity index (χ1v) is 10.1. The summed E-state index contributed by atoms with van der Waals surface area (Å²) >= 11 is 0. The first kappa shape index (κ1) is 21.9. The second-order valence-electron chi connectivity index (χ2n) is 7.00. The van der Waals surface area contributed by atoms with Gasteiger partial charge >= 0.3 is 0 Å². The molecule has 0 aromatic heterocycles.